The molecular weight excluding hydrogens is 352 g/mol. The summed E-state index contributed by atoms with van der Waals surface area (Å²) in [6, 6.07) is 0.433. The Hall–Kier alpha value is -1.10. The average molecular weight is 393 g/mol. The maximum atomic E-state index is 12.9. The SMILES string of the molecule is CC(=O)N[C@H]1CC[C@]2(C)CC[C@H]([C@H](C)C(=O)NC3CCCCC3)[C@H](O)[C@H]2[C@@H]1C. The number of carbonyl (C=O) groups excluding carboxylic acids is 2. The lowest BCUT2D eigenvalue weighted by Crippen LogP contribution is -2.58. The first kappa shape index (κ1) is 21.6. The van der Waals surface area contributed by atoms with Crippen LogP contribution in [0.15, 0.2) is 0 Å². The maximum absolute atomic E-state index is 12.9. The third kappa shape index (κ3) is 4.39. The number of hydrogen-bond acceptors (Lipinski definition) is 3. The number of hydrogen-bond donors (Lipinski definition) is 3. The van der Waals surface area contributed by atoms with E-state index in [4.69, 9.17) is 0 Å². The van der Waals surface area contributed by atoms with Gasteiger partial charge >= 0.3 is 0 Å². The molecule has 0 bridgehead atoms. The van der Waals surface area contributed by atoms with Crippen molar-refractivity contribution in [3.8, 4) is 0 Å². The highest BCUT2D eigenvalue weighted by molar-refractivity contribution is 5.79. The van der Waals surface area contributed by atoms with Gasteiger partial charge in [0, 0.05) is 24.9 Å². The van der Waals surface area contributed by atoms with Crippen LogP contribution in [0.3, 0.4) is 0 Å². The third-order valence-corrected chi connectivity index (χ3v) is 8.28. The topological polar surface area (TPSA) is 78.4 Å². The number of fused-ring (bicyclic) bond motifs is 1. The number of aliphatic hydroxyl groups excluding tert-OH is 1. The summed E-state index contributed by atoms with van der Waals surface area (Å²) in [5, 5.41) is 17.7. The summed E-state index contributed by atoms with van der Waals surface area (Å²) in [4.78, 5) is 24.5. The van der Waals surface area contributed by atoms with Gasteiger partial charge in [-0.3, -0.25) is 9.59 Å². The Bertz CT molecular complexity index is 574. The van der Waals surface area contributed by atoms with Gasteiger partial charge in [0.1, 0.15) is 0 Å². The Labute approximate surface area is 170 Å². The lowest BCUT2D eigenvalue weighted by atomic mass is 9.51. The highest BCUT2D eigenvalue weighted by atomic mass is 16.3. The molecule has 0 unspecified atom stereocenters. The molecular formula is C23H40N2O3. The van der Waals surface area contributed by atoms with Crippen LogP contribution in [0.1, 0.15) is 85.5 Å². The second-order valence-corrected chi connectivity index (χ2v) is 10.2. The van der Waals surface area contributed by atoms with E-state index in [2.05, 4.69) is 24.5 Å². The molecule has 7 atom stereocenters. The minimum atomic E-state index is -0.489. The molecule has 0 spiro atoms. The smallest absolute Gasteiger partial charge is 0.223 e. The molecule has 28 heavy (non-hydrogen) atoms. The Balaban J connectivity index is 1.68. The van der Waals surface area contributed by atoms with Gasteiger partial charge in [-0.1, -0.05) is 40.0 Å². The molecule has 3 aliphatic carbocycles. The van der Waals surface area contributed by atoms with Crippen molar-refractivity contribution in [3.05, 3.63) is 0 Å². The van der Waals surface area contributed by atoms with Crippen molar-refractivity contribution in [2.45, 2.75) is 104 Å². The van der Waals surface area contributed by atoms with Gasteiger partial charge in [0.2, 0.25) is 11.8 Å². The van der Waals surface area contributed by atoms with E-state index < -0.39 is 6.10 Å². The predicted molar refractivity (Wildman–Crippen MR) is 111 cm³/mol. The monoisotopic (exact) mass is 392 g/mol. The van der Waals surface area contributed by atoms with E-state index in [0.717, 1.165) is 38.5 Å². The first-order valence-electron chi connectivity index (χ1n) is 11.5. The number of amides is 2. The molecule has 3 rings (SSSR count). The van der Waals surface area contributed by atoms with Crippen LogP contribution in [0.4, 0.5) is 0 Å². The third-order valence-electron chi connectivity index (χ3n) is 8.28. The number of nitrogens with one attached hydrogen (secondary N) is 2. The predicted octanol–water partition coefficient (Wildman–Crippen LogP) is 3.40. The quantitative estimate of drug-likeness (QED) is 0.686. The molecule has 0 heterocycles. The van der Waals surface area contributed by atoms with Gasteiger partial charge in [-0.25, -0.2) is 0 Å². The van der Waals surface area contributed by atoms with E-state index in [0.29, 0.717) is 6.04 Å². The standard InChI is InChI=1S/C23H40N2O3/c1-14(22(28)25-17-8-6-5-7-9-17)18-10-12-23(4)13-11-19(24-16(3)26)15(2)20(23)21(18)27/h14-15,17-21,27H,5-13H2,1-4H3,(H,24,26)(H,25,28)/t14-,15+,18+,19-,20+,21-,23-/m0/s1. The van der Waals surface area contributed by atoms with E-state index in [1.807, 2.05) is 6.92 Å². The molecule has 160 valence electrons. The van der Waals surface area contributed by atoms with Crippen LogP contribution in [0.5, 0.6) is 0 Å². The Morgan fingerprint density at radius 2 is 1.68 bits per heavy atom. The largest absolute Gasteiger partial charge is 0.392 e. The molecule has 0 aromatic heterocycles. The molecule has 3 fully saturated rings. The van der Waals surface area contributed by atoms with Crippen LogP contribution >= 0.6 is 0 Å². The second-order valence-electron chi connectivity index (χ2n) is 10.2. The van der Waals surface area contributed by atoms with Crippen LogP contribution in [-0.2, 0) is 9.59 Å². The Kier molecular flexibility index (Phi) is 6.73. The molecule has 0 aromatic rings. The normalized spacial score (nSPS) is 40.2. The summed E-state index contributed by atoms with van der Waals surface area (Å²) < 4.78 is 0. The van der Waals surface area contributed by atoms with Crippen molar-refractivity contribution in [1.29, 1.82) is 0 Å². The zero-order chi connectivity index (χ0) is 20.5. The molecule has 0 saturated heterocycles. The van der Waals surface area contributed by atoms with E-state index in [-0.39, 0.29) is 46.9 Å². The maximum Gasteiger partial charge on any atom is 0.223 e. The van der Waals surface area contributed by atoms with Crippen molar-refractivity contribution >= 4 is 11.8 Å². The summed E-state index contributed by atoms with van der Waals surface area (Å²) in [5.74, 6) is 0.287. The van der Waals surface area contributed by atoms with E-state index in [1.54, 1.807) is 6.92 Å². The van der Waals surface area contributed by atoms with Crippen LogP contribution in [0, 0.1) is 29.1 Å². The fraction of sp³-hybridized carbons (Fsp3) is 0.913. The number of aliphatic hydroxyl groups is 1. The minimum Gasteiger partial charge on any atom is -0.392 e. The summed E-state index contributed by atoms with van der Waals surface area (Å²) >= 11 is 0. The van der Waals surface area contributed by atoms with Gasteiger partial charge in [0.25, 0.3) is 0 Å². The minimum absolute atomic E-state index is 0.000179. The lowest BCUT2D eigenvalue weighted by molar-refractivity contribution is -0.144. The Morgan fingerprint density at radius 3 is 2.32 bits per heavy atom. The van der Waals surface area contributed by atoms with Gasteiger partial charge in [0.15, 0.2) is 0 Å². The van der Waals surface area contributed by atoms with Crippen molar-refractivity contribution in [3.63, 3.8) is 0 Å². The van der Waals surface area contributed by atoms with Crippen LogP contribution in [0.2, 0.25) is 0 Å². The summed E-state index contributed by atoms with van der Waals surface area (Å²) in [7, 11) is 0. The molecule has 0 aliphatic heterocycles. The highest BCUT2D eigenvalue weighted by Crippen LogP contribution is 2.55. The van der Waals surface area contributed by atoms with Gasteiger partial charge in [0.05, 0.1) is 6.10 Å². The molecule has 2 amide bonds. The highest BCUT2D eigenvalue weighted by Gasteiger charge is 2.53. The number of rotatable bonds is 4. The van der Waals surface area contributed by atoms with E-state index in [9.17, 15) is 14.7 Å². The van der Waals surface area contributed by atoms with E-state index >= 15 is 0 Å². The van der Waals surface area contributed by atoms with Gasteiger partial charge in [-0.15, -0.1) is 0 Å². The fourth-order valence-electron chi connectivity index (χ4n) is 6.53. The van der Waals surface area contributed by atoms with E-state index in [1.165, 1.54) is 19.3 Å². The zero-order valence-corrected chi connectivity index (χ0v) is 18.2. The molecule has 5 nitrogen and oxygen atoms in total. The average Bonchev–Trinajstić information content (AvgIpc) is 2.64. The molecule has 3 aliphatic rings. The second kappa shape index (κ2) is 8.73. The van der Waals surface area contributed by atoms with Crippen molar-refractivity contribution in [2.75, 3.05) is 0 Å². The molecule has 0 aromatic carbocycles. The fourth-order valence-corrected chi connectivity index (χ4v) is 6.53. The van der Waals surface area contributed by atoms with Crippen LogP contribution in [-0.4, -0.2) is 35.1 Å². The van der Waals surface area contributed by atoms with Gasteiger partial charge < -0.3 is 15.7 Å². The lowest BCUT2D eigenvalue weighted by Gasteiger charge is -2.56. The van der Waals surface area contributed by atoms with Crippen LogP contribution < -0.4 is 10.6 Å². The number of carbonyl (C=O) groups is 2. The summed E-state index contributed by atoms with van der Waals surface area (Å²) in [5.41, 5.74) is 0.101. The van der Waals surface area contributed by atoms with Crippen molar-refractivity contribution < 1.29 is 14.7 Å². The van der Waals surface area contributed by atoms with Gasteiger partial charge in [-0.05, 0) is 61.7 Å². The van der Waals surface area contributed by atoms with Crippen molar-refractivity contribution in [2.24, 2.45) is 29.1 Å². The molecule has 0 radical (unpaired) electrons. The van der Waals surface area contributed by atoms with Crippen LogP contribution in [0.25, 0.3) is 0 Å². The summed E-state index contributed by atoms with van der Waals surface area (Å²) in [6.45, 7) is 8.03. The first-order valence-corrected chi connectivity index (χ1v) is 11.5. The Morgan fingerprint density at radius 1 is 1.04 bits per heavy atom. The van der Waals surface area contributed by atoms with Gasteiger partial charge in [-0.2, -0.15) is 0 Å². The molecule has 3 N–H and O–H groups in total. The molecule has 5 heteroatoms. The molecule has 3 saturated carbocycles. The summed E-state index contributed by atoms with van der Waals surface area (Å²) in [6.07, 6.45) is 9.32. The first-order chi connectivity index (χ1) is 13.2. The zero-order valence-electron chi connectivity index (χ0n) is 18.2. The van der Waals surface area contributed by atoms with Crippen molar-refractivity contribution in [1.82, 2.24) is 10.6 Å².